The fourth-order valence-corrected chi connectivity index (χ4v) is 8.54. The van der Waals surface area contributed by atoms with Gasteiger partial charge in [0.05, 0.1) is 0 Å². The van der Waals surface area contributed by atoms with Gasteiger partial charge in [0.15, 0.2) is 0 Å². The predicted octanol–water partition coefficient (Wildman–Crippen LogP) is 12.7. The van der Waals surface area contributed by atoms with Crippen molar-refractivity contribution in [2.45, 2.75) is 19.3 Å². The lowest BCUT2D eigenvalue weighted by Crippen LogP contribution is -2.15. The van der Waals surface area contributed by atoms with Crippen molar-refractivity contribution in [2.24, 2.45) is 0 Å². The lowest BCUT2D eigenvalue weighted by molar-refractivity contribution is 0.660. The van der Waals surface area contributed by atoms with E-state index >= 15 is 0 Å². The first kappa shape index (κ1) is 26.2. The fourth-order valence-electron chi connectivity index (χ4n) is 7.42. The molecule has 7 aromatic carbocycles. The van der Waals surface area contributed by atoms with Crippen molar-refractivity contribution in [3.8, 4) is 22.3 Å². The molecule has 0 saturated heterocycles. The van der Waals surface area contributed by atoms with E-state index in [9.17, 15) is 0 Å². The van der Waals surface area contributed by atoms with Crippen LogP contribution in [0, 0.1) is 0 Å². The molecule has 8 aromatic rings. The Morgan fingerprint density at radius 2 is 1.16 bits per heavy atom. The molecule has 0 unspecified atom stereocenters. The SMILES string of the molecule is CC1(C)c2ccccc2-c2cc(N(c3cccc(-c4ccccc4)c3)c3ccc4ccc5sc6ccccc6c5c4c3)ccc21. The summed E-state index contributed by atoms with van der Waals surface area (Å²) in [5.74, 6) is 0. The van der Waals surface area contributed by atoms with Crippen molar-refractivity contribution in [1.82, 2.24) is 0 Å². The molecule has 0 radical (unpaired) electrons. The second-order valence-electron chi connectivity index (χ2n) is 12.6. The van der Waals surface area contributed by atoms with Crippen LogP contribution >= 0.6 is 11.3 Å². The van der Waals surface area contributed by atoms with E-state index in [1.807, 2.05) is 11.3 Å². The second-order valence-corrected chi connectivity index (χ2v) is 13.7. The van der Waals surface area contributed by atoms with Crippen molar-refractivity contribution in [3.05, 3.63) is 163 Å². The highest BCUT2D eigenvalue weighted by molar-refractivity contribution is 7.26. The maximum absolute atomic E-state index is 2.44. The van der Waals surface area contributed by atoms with Crippen molar-refractivity contribution in [3.63, 3.8) is 0 Å². The molecule has 0 fully saturated rings. The van der Waals surface area contributed by atoms with Gasteiger partial charge in [-0.1, -0.05) is 117 Å². The number of thiophene rings is 1. The van der Waals surface area contributed by atoms with Crippen LogP contribution in [0.4, 0.5) is 17.1 Å². The van der Waals surface area contributed by atoms with E-state index < -0.39 is 0 Å². The molecule has 1 nitrogen and oxygen atoms in total. The van der Waals surface area contributed by atoms with Crippen LogP contribution in [-0.4, -0.2) is 0 Å². The second kappa shape index (κ2) is 9.92. The van der Waals surface area contributed by atoms with Gasteiger partial charge in [0.25, 0.3) is 0 Å². The van der Waals surface area contributed by atoms with Gasteiger partial charge < -0.3 is 4.90 Å². The molecular weight excluding hydrogens is 563 g/mol. The maximum Gasteiger partial charge on any atom is 0.0468 e. The van der Waals surface area contributed by atoms with E-state index in [0.717, 1.165) is 17.1 Å². The topological polar surface area (TPSA) is 3.24 Å². The monoisotopic (exact) mass is 593 g/mol. The summed E-state index contributed by atoms with van der Waals surface area (Å²) in [6.45, 7) is 4.69. The third-order valence-corrected chi connectivity index (χ3v) is 10.8. The number of nitrogens with zero attached hydrogens (tertiary/aromatic N) is 1. The van der Waals surface area contributed by atoms with E-state index in [1.165, 1.54) is 64.3 Å². The Kier molecular flexibility index (Phi) is 5.78. The molecule has 0 bridgehead atoms. The molecule has 1 aliphatic rings. The van der Waals surface area contributed by atoms with Crippen LogP contribution in [0.5, 0.6) is 0 Å². The third kappa shape index (κ3) is 4.06. The average Bonchev–Trinajstić information content (AvgIpc) is 3.58. The minimum atomic E-state index is -0.0307. The van der Waals surface area contributed by atoms with Crippen molar-refractivity contribution in [1.29, 1.82) is 0 Å². The minimum absolute atomic E-state index is 0.0307. The van der Waals surface area contributed by atoms with Crippen LogP contribution in [0.3, 0.4) is 0 Å². The zero-order chi connectivity index (χ0) is 30.1. The van der Waals surface area contributed by atoms with Crippen molar-refractivity contribution >= 4 is 59.3 Å². The number of rotatable bonds is 4. The molecule has 1 heterocycles. The van der Waals surface area contributed by atoms with Gasteiger partial charge in [0, 0.05) is 42.6 Å². The first-order valence-corrected chi connectivity index (χ1v) is 16.4. The lowest BCUT2D eigenvalue weighted by atomic mass is 9.82. The largest absolute Gasteiger partial charge is 0.310 e. The number of fused-ring (bicyclic) bond motifs is 8. The molecule has 9 rings (SSSR count). The van der Waals surface area contributed by atoms with Crippen molar-refractivity contribution in [2.75, 3.05) is 4.90 Å². The highest BCUT2D eigenvalue weighted by atomic mass is 32.1. The molecule has 0 atom stereocenters. The molecule has 214 valence electrons. The Hall–Kier alpha value is -5.18. The smallest absolute Gasteiger partial charge is 0.0468 e. The molecule has 0 N–H and O–H groups in total. The third-order valence-electron chi connectivity index (χ3n) is 9.64. The summed E-state index contributed by atoms with van der Waals surface area (Å²) in [5.41, 5.74) is 11.3. The predicted molar refractivity (Wildman–Crippen MR) is 195 cm³/mol. The standard InChI is InChI=1S/C43H31NS/c1-43(2)38-17-8-6-15-34(38)37-27-33(22-23-39(37)43)44(31-14-10-13-30(25-31)28-11-4-3-5-12-28)32-21-19-29-20-24-41-42(36(29)26-32)35-16-7-9-18-40(35)45-41/h3-27H,1-2H3. The lowest BCUT2D eigenvalue weighted by Gasteiger charge is -2.28. The van der Waals surface area contributed by atoms with Crippen LogP contribution in [0.25, 0.3) is 53.2 Å². The van der Waals surface area contributed by atoms with Crippen molar-refractivity contribution < 1.29 is 0 Å². The molecular formula is C43H31NS. The molecule has 45 heavy (non-hydrogen) atoms. The van der Waals surface area contributed by atoms with Crippen LogP contribution in [-0.2, 0) is 5.41 Å². The normalized spacial score (nSPS) is 13.3. The highest BCUT2D eigenvalue weighted by Gasteiger charge is 2.35. The van der Waals surface area contributed by atoms with Gasteiger partial charge in [-0.05, 0) is 92.7 Å². The van der Waals surface area contributed by atoms with E-state index in [-0.39, 0.29) is 5.41 Å². The zero-order valence-corrected chi connectivity index (χ0v) is 26.1. The van der Waals surface area contributed by atoms with Crippen LogP contribution < -0.4 is 4.90 Å². The molecule has 0 amide bonds. The van der Waals surface area contributed by atoms with E-state index in [1.54, 1.807) is 0 Å². The summed E-state index contributed by atoms with van der Waals surface area (Å²) in [6.07, 6.45) is 0. The Morgan fingerprint density at radius 1 is 0.467 bits per heavy atom. The van der Waals surface area contributed by atoms with Crippen LogP contribution in [0.2, 0.25) is 0 Å². The summed E-state index contributed by atoms with van der Waals surface area (Å²) in [7, 11) is 0. The van der Waals surface area contributed by atoms with Gasteiger partial charge in [-0.3, -0.25) is 0 Å². The van der Waals surface area contributed by atoms with Gasteiger partial charge in [-0.15, -0.1) is 11.3 Å². The first-order valence-electron chi connectivity index (χ1n) is 15.6. The quantitative estimate of drug-likeness (QED) is 0.196. The summed E-state index contributed by atoms with van der Waals surface area (Å²) in [4.78, 5) is 2.44. The first-order chi connectivity index (χ1) is 22.1. The molecule has 1 aromatic heterocycles. The van der Waals surface area contributed by atoms with Gasteiger partial charge in [-0.2, -0.15) is 0 Å². The van der Waals surface area contributed by atoms with Gasteiger partial charge >= 0.3 is 0 Å². The number of anilines is 3. The number of hydrogen-bond acceptors (Lipinski definition) is 2. The molecule has 1 aliphatic carbocycles. The maximum atomic E-state index is 2.44. The summed E-state index contributed by atoms with van der Waals surface area (Å²) in [6, 6.07) is 55.9. The summed E-state index contributed by atoms with van der Waals surface area (Å²) >= 11 is 1.88. The Balaban J connectivity index is 1.30. The van der Waals surface area contributed by atoms with Gasteiger partial charge in [0.1, 0.15) is 0 Å². The van der Waals surface area contributed by atoms with Crippen LogP contribution in [0.15, 0.2) is 152 Å². The van der Waals surface area contributed by atoms with Gasteiger partial charge in [0.2, 0.25) is 0 Å². The minimum Gasteiger partial charge on any atom is -0.310 e. The summed E-state index contributed by atoms with van der Waals surface area (Å²) in [5, 5.41) is 5.23. The summed E-state index contributed by atoms with van der Waals surface area (Å²) < 4.78 is 2.66. The van der Waals surface area contributed by atoms with E-state index in [4.69, 9.17) is 0 Å². The van der Waals surface area contributed by atoms with E-state index in [2.05, 4.69) is 170 Å². The molecule has 2 heteroatoms. The highest BCUT2D eigenvalue weighted by Crippen LogP contribution is 2.51. The number of hydrogen-bond donors (Lipinski definition) is 0. The van der Waals surface area contributed by atoms with Gasteiger partial charge in [-0.25, -0.2) is 0 Å². The molecule has 0 spiro atoms. The van der Waals surface area contributed by atoms with Crippen LogP contribution in [0.1, 0.15) is 25.0 Å². The average molecular weight is 594 g/mol. The Bertz CT molecular complexity index is 2410. The Morgan fingerprint density at radius 3 is 2.07 bits per heavy atom. The van der Waals surface area contributed by atoms with E-state index in [0.29, 0.717) is 0 Å². The Labute approximate surface area is 267 Å². The number of benzene rings is 7. The zero-order valence-electron chi connectivity index (χ0n) is 25.3. The molecule has 0 saturated carbocycles. The molecule has 0 aliphatic heterocycles. The fraction of sp³-hybridized carbons (Fsp3) is 0.0698.